The standard InChI is InChI=1S/C15H20ClN3O/c16-11-6-7-13-12(8-11)14(20)19-15(18-13)17-9-10-4-2-1-3-5-10/h1-5,11-13,15,17-18H,6-9H2,(H,19,20). The lowest BCUT2D eigenvalue weighted by Crippen LogP contribution is -2.67. The molecule has 1 aliphatic carbocycles. The van der Waals surface area contributed by atoms with Gasteiger partial charge in [-0.1, -0.05) is 30.3 Å². The van der Waals surface area contributed by atoms with Crippen LogP contribution in [0.25, 0.3) is 0 Å². The molecule has 1 heterocycles. The largest absolute Gasteiger partial charge is 0.328 e. The Morgan fingerprint density at radius 1 is 1.25 bits per heavy atom. The van der Waals surface area contributed by atoms with E-state index >= 15 is 0 Å². The molecular weight excluding hydrogens is 274 g/mol. The lowest BCUT2D eigenvalue weighted by Gasteiger charge is -2.41. The SMILES string of the molecule is O=C1NC(NCc2ccccc2)NC2CCC(Cl)CC12. The van der Waals surface area contributed by atoms with Crippen LogP contribution in [0.15, 0.2) is 30.3 Å². The molecule has 5 heteroatoms. The third-order valence-corrected chi connectivity index (χ3v) is 4.54. The molecule has 3 rings (SSSR count). The first-order chi connectivity index (χ1) is 9.72. The topological polar surface area (TPSA) is 53.2 Å². The zero-order chi connectivity index (χ0) is 13.9. The van der Waals surface area contributed by atoms with Gasteiger partial charge in [-0.15, -0.1) is 11.6 Å². The second kappa shape index (κ2) is 6.12. The fourth-order valence-electron chi connectivity index (χ4n) is 3.04. The van der Waals surface area contributed by atoms with Crippen molar-refractivity contribution in [2.45, 2.75) is 43.5 Å². The van der Waals surface area contributed by atoms with Crippen molar-refractivity contribution in [1.29, 1.82) is 0 Å². The highest BCUT2D eigenvalue weighted by Crippen LogP contribution is 2.30. The van der Waals surface area contributed by atoms with E-state index in [2.05, 4.69) is 28.1 Å². The van der Waals surface area contributed by atoms with Gasteiger partial charge in [0.15, 0.2) is 0 Å². The van der Waals surface area contributed by atoms with Gasteiger partial charge >= 0.3 is 0 Å². The number of hydrogen-bond acceptors (Lipinski definition) is 3. The lowest BCUT2D eigenvalue weighted by atomic mass is 9.82. The summed E-state index contributed by atoms with van der Waals surface area (Å²) in [7, 11) is 0. The predicted molar refractivity (Wildman–Crippen MR) is 79.1 cm³/mol. The van der Waals surface area contributed by atoms with Crippen LogP contribution < -0.4 is 16.0 Å². The van der Waals surface area contributed by atoms with Gasteiger partial charge in [0.1, 0.15) is 6.29 Å². The van der Waals surface area contributed by atoms with Crippen molar-refractivity contribution in [2.75, 3.05) is 0 Å². The Kier molecular flexibility index (Phi) is 4.24. The number of amides is 1. The van der Waals surface area contributed by atoms with E-state index in [0.717, 1.165) is 25.8 Å². The number of alkyl halides is 1. The van der Waals surface area contributed by atoms with Gasteiger partial charge in [-0.05, 0) is 24.8 Å². The van der Waals surface area contributed by atoms with Crippen molar-refractivity contribution in [3.63, 3.8) is 0 Å². The van der Waals surface area contributed by atoms with Crippen molar-refractivity contribution < 1.29 is 4.79 Å². The Labute approximate surface area is 124 Å². The summed E-state index contributed by atoms with van der Waals surface area (Å²) in [6, 6.07) is 10.4. The van der Waals surface area contributed by atoms with E-state index in [1.54, 1.807) is 0 Å². The molecule has 108 valence electrons. The van der Waals surface area contributed by atoms with Crippen LogP contribution in [0.3, 0.4) is 0 Å². The molecule has 1 amide bonds. The molecule has 1 saturated carbocycles. The summed E-state index contributed by atoms with van der Waals surface area (Å²) >= 11 is 6.16. The first kappa shape index (κ1) is 13.9. The molecule has 4 atom stereocenters. The molecule has 2 fully saturated rings. The fourth-order valence-corrected chi connectivity index (χ4v) is 3.36. The molecule has 2 aliphatic rings. The van der Waals surface area contributed by atoms with Crippen LogP contribution in [0.5, 0.6) is 0 Å². The molecule has 0 bridgehead atoms. The number of nitrogens with one attached hydrogen (secondary N) is 3. The Hall–Kier alpha value is -1.10. The summed E-state index contributed by atoms with van der Waals surface area (Å²) in [5.74, 6) is 0.130. The maximum atomic E-state index is 12.1. The molecule has 0 aromatic heterocycles. The summed E-state index contributed by atoms with van der Waals surface area (Å²) in [6.07, 6.45) is 2.57. The molecule has 1 aliphatic heterocycles. The number of carbonyl (C=O) groups is 1. The van der Waals surface area contributed by atoms with Gasteiger partial charge < -0.3 is 5.32 Å². The summed E-state index contributed by atoms with van der Waals surface area (Å²) in [5.41, 5.74) is 1.20. The maximum Gasteiger partial charge on any atom is 0.226 e. The molecular formula is C15H20ClN3O. The first-order valence-electron chi connectivity index (χ1n) is 7.20. The second-order valence-electron chi connectivity index (χ2n) is 5.60. The Morgan fingerprint density at radius 3 is 2.85 bits per heavy atom. The number of halogens is 1. The average molecular weight is 294 g/mol. The molecule has 4 unspecified atom stereocenters. The van der Waals surface area contributed by atoms with Crippen LogP contribution in [0.1, 0.15) is 24.8 Å². The number of rotatable bonds is 3. The van der Waals surface area contributed by atoms with E-state index in [9.17, 15) is 4.79 Å². The summed E-state index contributed by atoms with van der Waals surface area (Å²) in [5, 5.41) is 9.93. The number of fused-ring (bicyclic) bond motifs is 1. The van der Waals surface area contributed by atoms with Gasteiger partial charge in [0.25, 0.3) is 0 Å². The monoisotopic (exact) mass is 293 g/mol. The quantitative estimate of drug-likeness (QED) is 0.741. The maximum absolute atomic E-state index is 12.1. The number of carbonyl (C=O) groups excluding carboxylic acids is 1. The zero-order valence-electron chi connectivity index (χ0n) is 11.3. The molecule has 1 aromatic carbocycles. The van der Waals surface area contributed by atoms with Gasteiger partial charge in [0.2, 0.25) is 5.91 Å². The highest BCUT2D eigenvalue weighted by molar-refractivity contribution is 6.20. The minimum Gasteiger partial charge on any atom is -0.328 e. The normalized spacial score (nSPS) is 33.4. The molecule has 0 spiro atoms. The van der Waals surface area contributed by atoms with Gasteiger partial charge in [-0.2, -0.15) is 0 Å². The Morgan fingerprint density at radius 2 is 2.05 bits per heavy atom. The van der Waals surface area contributed by atoms with Gasteiger partial charge in [-0.3, -0.25) is 15.4 Å². The third kappa shape index (κ3) is 3.14. The van der Waals surface area contributed by atoms with E-state index in [1.165, 1.54) is 5.56 Å². The highest BCUT2D eigenvalue weighted by atomic mass is 35.5. The minimum absolute atomic E-state index is 0.0148. The van der Waals surface area contributed by atoms with Crippen LogP contribution in [-0.4, -0.2) is 23.6 Å². The van der Waals surface area contributed by atoms with E-state index in [1.807, 2.05) is 18.2 Å². The lowest BCUT2D eigenvalue weighted by molar-refractivity contribution is -0.131. The van der Waals surface area contributed by atoms with Crippen LogP contribution in [0.4, 0.5) is 0 Å². The van der Waals surface area contributed by atoms with E-state index in [4.69, 9.17) is 11.6 Å². The Bertz CT molecular complexity index is 467. The number of benzene rings is 1. The van der Waals surface area contributed by atoms with Crippen molar-refractivity contribution in [1.82, 2.24) is 16.0 Å². The Balaban J connectivity index is 1.56. The zero-order valence-corrected chi connectivity index (χ0v) is 12.1. The van der Waals surface area contributed by atoms with E-state index < -0.39 is 0 Å². The smallest absolute Gasteiger partial charge is 0.226 e. The van der Waals surface area contributed by atoms with Gasteiger partial charge in [0, 0.05) is 18.0 Å². The molecule has 20 heavy (non-hydrogen) atoms. The molecule has 0 radical (unpaired) electrons. The van der Waals surface area contributed by atoms with Crippen molar-refractivity contribution >= 4 is 17.5 Å². The van der Waals surface area contributed by atoms with Crippen molar-refractivity contribution in [3.8, 4) is 0 Å². The van der Waals surface area contributed by atoms with E-state index in [0.29, 0.717) is 0 Å². The van der Waals surface area contributed by atoms with Crippen LogP contribution >= 0.6 is 11.6 Å². The average Bonchev–Trinajstić information content (AvgIpc) is 2.47. The van der Waals surface area contributed by atoms with Crippen LogP contribution in [0, 0.1) is 5.92 Å². The summed E-state index contributed by atoms with van der Waals surface area (Å²) in [4.78, 5) is 12.1. The molecule has 1 saturated heterocycles. The second-order valence-corrected chi connectivity index (χ2v) is 6.22. The molecule has 4 nitrogen and oxygen atoms in total. The minimum atomic E-state index is -0.157. The summed E-state index contributed by atoms with van der Waals surface area (Å²) in [6.45, 7) is 0.730. The molecule has 3 N–H and O–H groups in total. The van der Waals surface area contributed by atoms with Crippen molar-refractivity contribution in [3.05, 3.63) is 35.9 Å². The van der Waals surface area contributed by atoms with Crippen LogP contribution in [0.2, 0.25) is 0 Å². The first-order valence-corrected chi connectivity index (χ1v) is 7.64. The van der Waals surface area contributed by atoms with E-state index in [-0.39, 0.29) is 29.5 Å². The molecule has 1 aromatic rings. The summed E-state index contributed by atoms with van der Waals surface area (Å²) < 4.78 is 0. The van der Waals surface area contributed by atoms with Gasteiger partial charge in [0.05, 0.1) is 5.92 Å². The highest BCUT2D eigenvalue weighted by Gasteiger charge is 2.39. The number of hydrogen-bond donors (Lipinski definition) is 3. The van der Waals surface area contributed by atoms with Crippen LogP contribution in [-0.2, 0) is 11.3 Å². The fraction of sp³-hybridized carbons (Fsp3) is 0.533. The van der Waals surface area contributed by atoms with Crippen molar-refractivity contribution in [2.24, 2.45) is 5.92 Å². The van der Waals surface area contributed by atoms with Gasteiger partial charge in [-0.25, -0.2) is 0 Å². The predicted octanol–water partition coefficient (Wildman–Crippen LogP) is 1.56. The third-order valence-electron chi connectivity index (χ3n) is 4.14.